The van der Waals surface area contributed by atoms with E-state index in [2.05, 4.69) is 5.32 Å². The molecule has 0 atom stereocenters. The average Bonchev–Trinajstić information content (AvgIpc) is 3.17. The molecule has 1 aliphatic rings. The summed E-state index contributed by atoms with van der Waals surface area (Å²) >= 11 is 0. The first kappa shape index (κ1) is 17.4. The van der Waals surface area contributed by atoms with Gasteiger partial charge in [-0.2, -0.15) is 0 Å². The summed E-state index contributed by atoms with van der Waals surface area (Å²) in [5, 5.41) is 3.32. The molecule has 0 aromatic heterocycles. The zero-order valence-electron chi connectivity index (χ0n) is 14.2. The number of benzene rings is 2. The van der Waals surface area contributed by atoms with Gasteiger partial charge in [-0.05, 0) is 36.6 Å². The van der Waals surface area contributed by atoms with Crippen molar-refractivity contribution in [1.29, 1.82) is 0 Å². The van der Waals surface area contributed by atoms with Gasteiger partial charge in [0.15, 0.2) is 6.61 Å². The van der Waals surface area contributed by atoms with Crippen molar-refractivity contribution in [3.8, 4) is 5.75 Å². The molecule has 4 nitrogen and oxygen atoms in total. The molecule has 0 bridgehead atoms. The Morgan fingerprint density at radius 3 is 2.52 bits per heavy atom. The van der Waals surface area contributed by atoms with Crippen molar-refractivity contribution in [1.82, 2.24) is 10.2 Å². The Morgan fingerprint density at radius 2 is 1.76 bits per heavy atom. The summed E-state index contributed by atoms with van der Waals surface area (Å²) in [6.07, 6.45) is 2.16. The van der Waals surface area contributed by atoms with Gasteiger partial charge in [-0.25, -0.2) is 4.39 Å². The van der Waals surface area contributed by atoms with Crippen LogP contribution in [0.5, 0.6) is 5.75 Å². The average molecular weight is 342 g/mol. The van der Waals surface area contributed by atoms with Gasteiger partial charge in [0.05, 0.1) is 0 Å². The number of nitrogens with one attached hydrogen (secondary N) is 1. The number of rotatable bonds is 7. The van der Waals surface area contributed by atoms with Crippen molar-refractivity contribution in [2.75, 3.05) is 19.7 Å². The van der Waals surface area contributed by atoms with Crippen LogP contribution in [0.3, 0.4) is 0 Å². The summed E-state index contributed by atoms with van der Waals surface area (Å²) in [6, 6.07) is 14.2. The van der Waals surface area contributed by atoms with E-state index in [1.807, 2.05) is 29.2 Å². The van der Waals surface area contributed by atoms with Gasteiger partial charge in [-0.3, -0.25) is 4.79 Å². The molecule has 2 aromatic rings. The fourth-order valence-corrected chi connectivity index (χ4v) is 2.93. The van der Waals surface area contributed by atoms with Crippen LogP contribution in [0.4, 0.5) is 4.39 Å². The van der Waals surface area contributed by atoms with Crippen LogP contribution in [-0.4, -0.2) is 30.5 Å². The third-order valence-corrected chi connectivity index (χ3v) is 4.34. The van der Waals surface area contributed by atoms with Gasteiger partial charge >= 0.3 is 0 Å². The fraction of sp³-hybridized carbons (Fsp3) is 0.350. The van der Waals surface area contributed by atoms with Crippen LogP contribution in [0.2, 0.25) is 0 Å². The van der Waals surface area contributed by atoms with Gasteiger partial charge in [0.25, 0.3) is 5.91 Å². The van der Waals surface area contributed by atoms with E-state index in [4.69, 9.17) is 4.74 Å². The molecule has 1 saturated heterocycles. The Hall–Kier alpha value is -2.40. The lowest BCUT2D eigenvalue weighted by molar-refractivity contribution is -0.132. The molecule has 1 amide bonds. The molecule has 1 N–H and O–H groups in total. The molecule has 1 fully saturated rings. The van der Waals surface area contributed by atoms with Gasteiger partial charge in [0.2, 0.25) is 0 Å². The standard InChI is InChI=1S/C20H23FN2O2/c21-18-9-7-16(8-10-18)13-22-14-17-5-1-2-6-19(17)25-15-20(24)23-11-3-4-12-23/h1-2,5-10,22H,3-4,11-15H2. The predicted octanol–water partition coefficient (Wildman–Crippen LogP) is 3.12. The number of hydrogen-bond acceptors (Lipinski definition) is 3. The van der Waals surface area contributed by atoms with Crippen LogP contribution in [-0.2, 0) is 17.9 Å². The van der Waals surface area contributed by atoms with Crippen molar-refractivity contribution in [2.45, 2.75) is 25.9 Å². The second kappa shape index (κ2) is 8.62. The first-order chi connectivity index (χ1) is 12.2. The molecule has 25 heavy (non-hydrogen) atoms. The number of ether oxygens (including phenoxy) is 1. The summed E-state index contributed by atoms with van der Waals surface area (Å²) in [4.78, 5) is 14.0. The Balaban J connectivity index is 1.51. The van der Waals surface area contributed by atoms with Crippen molar-refractivity contribution < 1.29 is 13.9 Å². The zero-order chi connectivity index (χ0) is 17.5. The third-order valence-electron chi connectivity index (χ3n) is 4.34. The minimum Gasteiger partial charge on any atom is -0.483 e. The van der Waals surface area contributed by atoms with Gasteiger partial charge in [0, 0.05) is 31.7 Å². The molecule has 3 rings (SSSR count). The van der Waals surface area contributed by atoms with E-state index in [-0.39, 0.29) is 18.3 Å². The maximum atomic E-state index is 12.9. The molecule has 0 unspecified atom stereocenters. The number of amides is 1. The summed E-state index contributed by atoms with van der Waals surface area (Å²) in [6.45, 7) is 3.01. The topological polar surface area (TPSA) is 41.6 Å². The Labute approximate surface area is 147 Å². The normalized spacial score (nSPS) is 13.9. The smallest absolute Gasteiger partial charge is 0.260 e. The SMILES string of the molecule is O=C(COc1ccccc1CNCc1ccc(F)cc1)N1CCCC1. The molecular formula is C20H23FN2O2. The molecule has 132 valence electrons. The number of hydrogen-bond donors (Lipinski definition) is 1. The lowest BCUT2D eigenvalue weighted by Gasteiger charge is -2.17. The number of carbonyl (C=O) groups excluding carboxylic acids is 1. The largest absolute Gasteiger partial charge is 0.483 e. The monoisotopic (exact) mass is 342 g/mol. The fourth-order valence-electron chi connectivity index (χ4n) is 2.93. The van der Waals surface area contributed by atoms with Gasteiger partial charge in [-0.15, -0.1) is 0 Å². The number of halogens is 1. The highest BCUT2D eigenvalue weighted by atomic mass is 19.1. The summed E-state index contributed by atoms with van der Waals surface area (Å²) < 4.78 is 18.7. The summed E-state index contributed by atoms with van der Waals surface area (Å²) in [5.41, 5.74) is 2.02. The van der Waals surface area contributed by atoms with Crippen LogP contribution in [0.25, 0.3) is 0 Å². The van der Waals surface area contributed by atoms with Crippen LogP contribution in [0, 0.1) is 5.82 Å². The highest BCUT2D eigenvalue weighted by molar-refractivity contribution is 5.78. The first-order valence-corrected chi connectivity index (χ1v) is 8.66. The predicted molar refractivity (Wildman–Crippen MR) is 94.7 cm³/mol. The molecule has 0 aliphatic carbocycles. The number of likely N-dealkylation sites (tertiary alicyclic amines) is 1. The van der Waals surface area contributed by atoms with E-state index in [1.165, 1.54) is 12.1 Å². The minimum absolute atomic E-state index is 0.0478. The molecule has 1 aliphatic heterocycles. The molecular weight excluding hydrogens is 319 g/mol. The van der Waals surface area contributed by atoms with E-state index in [9.17, 15) is 9.18 Å². The molecule has 2 aromatic carbocycles. The zero-order valence-corrected chi connectivity index (χ0v) is 14.2. The van der Waals surface area contributed by atoms with Gasteiger partial charge in [-0.1, -0.05) is 30.3 Å². The van der Waals surface area contributed by atoms with Crippen molar-refractivity contribution >= 4 is 5.91 Å². The first-order valence-electron chi connectivity index (χ1n) is 8.66. The van der Waals surface area contributed by atoms with Crippen molar-refractivity contribution in [3.63, 3.8) is 0 Å². The highest BCUT2D eigenvalue weighted by Gasteiger charge is 2.18. The molecule has 0 spiro atoms. The second-order valence-corrected chi connectivity index (χ2v) is 6.21. The van der Waals surface area contributed by atoms with Crippen LogP contribution in [0.1, 0.15) is 24.0 Å². The quantitative estimate of drug-likeness (QED) is 0.841. The molecule has 0 saturated carbocycles. The Bertz CT molecular complexity index is 697. The maximum Gasteiger partial charge on any atom is 0.260 e. The number of para-hydroxylation sites is 1. The molecule has 1 heterocycles. The van der Waals surface area contributed by atoms with E-state index in [0.717, 1.165) is 42.8 Å². The minimum atomic E-state index is -0.231. The van der Waals surface area contributed by atoms with E-state index < -0.39 is 0 Å². The second-order valence-electron chi connectivity index (χ2n) is 6.21. The van der Waals surface area contributed by atoms with Crippen molar-refractivity contribution in [3.05, 3.63) is 65.5 Å². The van der Waals surface area contributed by atoms with E-state index in [1.54, 1.807) is 12.1 Å². The lowest BCUT2D eigenvalue weighted by atomic mass is 10.2. The van der Waals surface area contributed by atoms with Crippen LogP contribution in [0.15, 0.2) is 48.5 Å². The van der Waals surface area contributed by atoms with Gasteiger partial charge in [0.1, 0.15) is 11.6 Å². The van der Waals surface area contributed by atoms with Gasteiger partial charge < -0.3 is 15.0 Å². The van der Waals surface area contributed by atoms with Crippen LogP contribution >= 0.6 is 0 Å². The van der Waals surface area contributed by atoms with Crippen molar-refractivity contribution in [2.24, 2.45) is 0 Å². The van der Waals surface area contributed by atoms with E-state index >= 15 is 0 Å². The Kier molecular flexibility index (Phi) is 6.01. The Morgan fingerprint density at radius 1 is 1.04 bits per heavy atom. The molecule has 0 radical (unpaired) electrons. The number of nitrogens with zero attached hydrogens (tertiary/aromatic N) is 1. The van der Waals surface area contributed by atoms with E-state index in [0.29, 0.717) is 13.1 Å². The third kappa shape index (κ3) is 5.03. The lowest BCUT2D eigenvalue weighted by Crippen LogP contribution is -2.32. The molecule has 5 heteroatoms. The highest BCUT2D eigenvalue weighted by Crippen LogP contribution is 2.18. The summed E-state index contributed by atoms with van der Waals surface area (Å²) in [7, 11) is 0. The summed E-state index contributed by atoms with van der Waals surface area (Å²) in [5.74, 6) is 0.540. The maximum absolute atomic E-state index is 12.9. The van der Waals surface area contributed by atoms with Crippen LogP contribution < -0.4 is 10.1 Å². The number of carbonyl (C=O) groups is 1.